The van der Waals surface area contributed by atoms with E-state index in [-0.39, 0.29) is 18.3 Å². The summed E-state index contributed by atoms with van der Waals surface area (Å²) in [6.45, 7) is 6.75. The predicted molar refractivity (Wildman–Crippen MR) is 158 cm³/mol. The Bertz CT molecular complexity index is 1480. The van der Waals surface area contributed by atoms with Crippen LogP contribution in [0, 0.1) is 0 Å². The van der Waals surface area contributed by atoms with Gasteiger partial charge in [-0.2, -0.15) is 5.10 Å². The Kier molecular flexibility index (Phi) is 8.65. The van der Waals surface area contributed by atoms with Gasteiger partial charge in [-0.15, -0.1) is 0 Å². The van der Waals surface area contributed by atoms with E-state index in [0.717, 1.165) is 25.2 Å². The number of carbonyl (C=O) groups excluding carboxylic acids is 3. The maximum atomic E-state index is 13.7. The summed E-state index contributed by atoms with van der Waals surface area (Å²) >= 11 is 0. The first-order valence-electron chi connectivity index (χ1n) is 14.4. The van der Waals surface area contributed by atoms with Gasteiger partial charge < -0.3 is 24.4 Å². The number of hydrazine groups is 1. The summed E-state index contributed by atoms with van der Waals surface area (Å²) in [5, 5.41) is 12.1. The van der Waals surface area contributed by atoms with Gasteiger partial charge in [0.1, 0.15) is 11.4 Å². The molecule has 3 aliphatic rings. The summed E-state index contributed by atoms with van der Waals surface area (Å²) in [4.78, 5) is 43.1. The Balaban J connectivity index is 1.08. The first kappa shape index (κ1) is 28.8. The number of benzene rings is 2. The fraction of sp³-hybridized carbons (Fsp3) is 0.400. The number of nitrogens with one attached hydrogen (secondary N) is 3. The van der Waals surface area contributed by atoms with Crippen LogP contribution in [0.4, 0.5) is 10.5 Å². The second-order valence-corrected chi connectivity index (χ2v) is 10.6. The molecule has 43 heavy (non-hydrogen) atoms. The average molecular weight is 590 g/mol. The monoisotopic (exact) mass is 589 g/mol. The highest BCUT2D eigenvalue weighted by Crippen LogP contribution is 2.43. The van der Waals surface area contributed by atoms with E-state index in [4.69, 9.17) is 14.2 Å². The zero-order valence-electron chi connectivity index (χ0n) is 24.1. The SMILES string of the molecule is COCCN1CCN(C(=O)COc2ccc(-c3[nH]nc4c3C(=O)c3c(NC(=O)NN5CCOCC5)cccc3-4)cc2)CC1. The number of nitrogens with zero attached hydrogens (tertiary/aromatic N) is 4. The number of fused-ring (bicyclic) bond motifs is 3. The normalized spacial score (nSPS) is 17.0. The third-order valence-electron chi connectivity index (χ3n) is 7.90. The topological polar surface area (TPSA) is 141 Å². The summed E-state index contributed by atoms with van der Waals surface area (Å²) in [5.41, 5.74) is 6.61. The smallest absolute Gasteiger partial charge is 0.333 e. The molecule has 2 aromatic carbocycles. The highest BCUT2D eigenvalue weighted by molar-refractivity contribution is 6.26. The van der Waals surface area contributed by atoms with E-state index in [1.54, 1.807) is 36.4 Å². The van der Waals surface area contributed by atoms with Gasteiger partial charge in [0.15, 0.2) is 12.4 Å². The highest BCUT2D eigenvalue weighted by atomic mass is 16.5. The van der Waals surface area contributed by atoms with Gasteiger partial charge in [-0.1, -0.05) is 12.1 Å². The molecule has 0 atom stereocenters. The maximum Gasteiger partial charge on any atom is 0.333 e. The molecule has 13 nitrogen and oxygen atoms in total. The number of aromatic amines is 1. The summed E-state index contributed by atoms with van der Waals surface area (Å²) in [6, 6.07) is 12.1. The molecule has 2 saturated heterocycles. The van der Waals surface area contributed by atoms with Crippen molar-refractivity contribution in [1.29, 1.82) is 0 Å². The minimum absolute atomic E-state index is 0.0421. The fourth-order valence-electron chi connectivity index (χ4n) is 5.55. The van der Waals surface area contributed by atoms with Gasteiger partial charge in [0.25, 0.3) is 5.91 Å². The molecule has 13 heteroatoms. The lowest BCUT2D eigenvalue weighted by Crippen LogP contribution is -2.50. The molecule has 0 radical (unpaired) electrons. The molecule has 0 unspecified atom stereocenters. The van der Waals surface area contributed by atoms with Crippen molar-refractivity contribution < 1.29 is 28.6 Å². The Morgan fingerprint density at radius 3 is 2.51 bits per heavy atom. The number of rotatable bonds is 9. The third kappa shape index (κ3) is 6.25. The third-order valence-corrected chi connectivity index (χ3v) is 7.90. The van der Waals surface area contributed by atoms with Gasteiger partial charge in [-0.25, -0.2) is 9.80 Å². The van der Waals surface area contributed by atoms with Crippen LogP contribution in [0.2, 0.25) is 0 Å². The number of H-pyrrole nitrogens is 1. The van der Waals surface area contributed by atoms with E-state index in [2.05, 4.69) is 25.8 Å². The number of aromatic nitrogens is 2. The number of amides is 3. The number of anilines is 1. The van der Waals surface area contributed by atoms with Crippen LogP contribution in [-0.4, -0.2) is 122 Å². The molecule has 6 rings (SSSR count). The molecule has 3 aromatic rings. The Morgan fingerprint density at radius 2 is 1.77 bits per heavy atom. The van der Waals surface area contributed by atoms with Crippen LogP contribution in [0.3, 0.4) is 0 Å². The molecule has 1 aromatic heterocycles. The van der Waals surface area contributed by atoms with Crippen LogP contribution in [0.15, 0.2) is 42.5 Å². The van der Waals surface area contributed by atoms with Crippen LogP contribution < -0.4 is 15.5 Å². The number of carbonyl (C=O) groups is 3. The first-order chi connectivity index (χ1) is 21.0. The van der Waals surface area contributed by atoms with Crippen molar-refractivity contribution in [3.8, 4) is 28.3 Å². The molecule has 1 aliphatic carbocycles. The molecule has 3 N–H and O–H groups in total. The number of methoxy groups -OCH3 is 1. The molecule has 0 bridgehead atoms. The summed E-state index contributed by atoms with van der Waals surface area (Å²) in [5.74, 6) is 0.289. The number of hydrogen-bond donors (Lipinski definition) is 3. The van der Waals surface area contributed by atoms with Gasteiger partial charge in [0, 0.05) is 64.0 Å². The standard InChI is InChI=1S/C30H35N7O6/c1-41-16-13-35-9-11-36(12-10-35)24(38)19-43-21-7-5-20(6-8-21)27-26-28(33-32-27)22-3-2-4-23(25(22)29(26)39)31-30(40)34-37-14-17-42-18-15-37/h2-8H,9-19H2,1H3,(H,32,33)(H2,31,34,40). The second kappa shape index (κ2) is 12.9. The van der Waals surface area contributed by atoms with Gasteiger partial charge in [-0.05, 0) is 30.3 Å². The van der Waals surface area contributed by atoms with E-state index in [1.807, 2.05) is 23.1 Å². The molecular weight excluding hydrogens is 554 g/mol. The molecule has 0 spiro atoms. The number of ether oxygens (including phenoxy) is 3. The zero-order chi connectivity index (χ0) is 29.8. The Hall–Kier alpha value is -4.30. The highest BCUT2D eigenvalue weighted by Gasteiger charge is 2.35. The first-order valence-corrected chi connectivity index (χ1v) is 14.4. The molecule has 2 aliphatic heterocycles. The van der Waals surface area contributed by atoms with Crippen molar-refractivity contribution >= 4 is 23.4 Å². The number of morpholine rings is 1. The fourth-order valence-corrected chi connectivity index (χ4v) is 5.55. The molecule has 3 amide bonds. The van der Waals surface area contributed by atoms with Crippen molar-refractivity contribution in [3.05, 3.63) is 53.6 Å². The van der Waals surface area contributed by atoms with Gasteiger partial charge in [0.2, 0.25) is 0 Å². The lowest BCUT2D eigenvalue weighted by atomic mass is 10.0. The van der Waals surface area contributed by atoms with Gasteiger partial charge in [-0.3, -0.25) is 25.0 Å². The minimum Gasteiger partial charge on any atom is -0.484 e. The van der Waals surface area contributed by atoms with E-state index in [0.29, 0.717) is 85.5 Å². The quantitative estimate of drug-likeness (QED) is 0.267. The van der Waals surface area contributed by atoms with Crippen LogP contribution >= 0.6 is 0 Å². The average Bonchev–Trinajstić information content (AvgIpc) is 3.59. The Labute approximate surface area is 249 Å². The predicted octanol–water partition coefficient (Wildman–Crippen LogP) is 1.83. The van der Waals surface area contributed by atoms with Crippen molar-refractivity contribution in [2.45, 2.75) is 0 Å². The number of ketones is 1. The lowest BCUT2D eigenvalue weighted by Gasteiger charge is -2.34. The van der Waals surface area contributed by atoms with E-state index in [1.165, 1.54) is 0 Å². The number of hydrogen-bond acceptors (Lipinski definition) is 9. The van der Waals surface area contributed by atoms with Crippen LogP contribution in [0.5, 0.6) is 5.75 Å². The number of piperazine rings is 1. The summed E-state index contributed by atoms with van der Waals surface area (Å²) in [7, 11) is 1.69. The molecule has 3 heterocycles. The van der Waals surface area contributed by atoms with Crippen LogP contribution in [-0.2, 0) is 14.3 Å². The van der Waals surface area contributed by atoms with Gasteiger partial charge in [0.05, 0.1) is 42.3 Å². The van der Waals surface area contributed by atoms with E-state index >= 15 is 0 Å². The molecule has 0 saturated carbocycles. The molecular formula is C30H35N7O6. The lowest BCUT2D eigenvalue weighted by molar-refractivity contribution is -0.135. The van der Waals surface area contributed by atoms with Crippen molar-refractivity contribution in [3.63, 3.8) is 0 Å². The maximum absolute atomic E-state index is 13.7. The van der Waals surface area contributed by atoms with Crippen LogP contribution in [0.1, 0.15) is 15.9 Å². The minimum atomic E-state index is -0.423. The van der Waals surface area contributed by atoms with E-state index in [9.17, 15) is 14.4 Å². The molecule has 2 fully saturated rings. The summed E-state index contributed by atoms with van der Waals surface area (Å²) in [6.07, 6.45) is 0. The Morgan fingerprint density at radius 1 is 1.00 bits per heavy atom. The largest absolute Gasteiger partial charge is 0.484 e. The van der Waals surface area contributed by atoms with Crippen molar-refractivity contribution in [2.75, 3.05) is 84.7 Å². The van der Waals surface area contributed by atoms with Gasteiger partial charge >= 0.3 is 6.03 Å². The summed E-state index contributed by atoms with van der Waals surface area (Å²) < 4.78 is 16.2. The second-order valence-electron chi connectivity index (χ2n) is 10.6. The molecule has 226 valence electrons. The van der Waals surface area contributed by atoms with Crippen LogP contribution in [0.25, 0.3) is 22.5 Å². The zero-order valence-corrected chi connectivity index (χ0v) is 24.1. The van der Waals surface area contributed by atoms with E-state index < -0.39 is 6.03 Å². The van der Waals surface area contributed by atoms with Crippen molar-refractivity contribution in [1.82, 2.24) is 30.4 Å². The number of urea groups is 1. The van der Waals surface area contributed by atoms with Crippen molar-refractivity contribution in [2.24, 2.45) is 0 Å².